The third kappa shape index (κ3) is 3.06. The molecule has 3 heteroatoms. The van der Waals surface area contributed by atoms with Gasteiger partial charge in [-0.05, 0) is 45.2 Å². The minimum atomic E-state index is 0.189. The average Bonchev–Trinajstić information content (AvgIpc) is 2.41. The number of ether oxygens (including phenoxy) is 2. The first kappa shape index (κ1) is 12.9. The van der Waals surface area contributed by atoms with Crippen LogP contribution in [0.2, 0.25) is 0 Å². The van der Waals surface area contributed by atoms with Crippen LogP contribution in [0.4, 0.5) is 0 Å². The number of hydrogen-bond donors (Lipinski definition) is 1. The molecule has 2 aliphatic heterocycles. The highest BCUT2D eigenvalue weighted by Crippen LogP contribution is 2.39. The topological polar surface area (TPSA) is 30.5 Å². The van der Waals surface area contributed by atoms with Crippen molar-refractivity contribution >= 4 is 0 Å². The van der Waals surface area contributed by atoms with E-state index in [-0.39, 0.29) is 5.60 Å². The number of piperidine rings is 1. The second-order valence-electron chi connectivity index (χ2n) is 6.29. The monoisotopic (exact) mass is 253 g/mol. The van der Waals surface area contributed by atoms with Crippen LogP contribution >= 0.6 is 0 Å². The van der Waals surface area contributed by atoms with Crippen LogP contribution in [0.25, 0.3) is 0 Å². The zero-order chi connectivity index (χ0) is 12.3. The summed E-state index contributed by atoms with van der Waals surface area (Å²) in [5.74, 6) is 0. The van der Waals surface area contributed by atoms with Gasteiger partial charge in [0, 0.05) is 13.0 Å². The fraction of sp³-hybridized carbons (Fsp3) is 1.00. The van der Waals surface area contributed by atoms with Crippen molar-refractivity contribution < 1.29 is 9.47 Å². The van der Waals surface area contributed by atoms with Gasteiger partial charge < -0.3 is 14.8 Å². The lowest BCUT2D eigenvalue weighted by atomic mass is 9.79. The Hall–Kier alpha value is -0.120. The van der Waals surface area contributed by atoms with E-state index in [0.717, 1.165) is 32.5 Å². The Morgan fingerprint density at radius 2 is 1.72 bits per heavy atom. The van der Waals surface area contributed by atoms with Gasteiger partial charge in [0.25, 0.3) is 0 Å². The second-order valence-corrected chi connectivity index (χ2v) is 6.29. The van der Waals surface area contributed by atoms with Crippen LogP contribution in [0, 0.1) is 0 Å². The van der Waals surface area contributed by atoms with Crippen molar-refractivity contribution in [3.05, 3.63) is 0 Å². The molecule has 1 spiro atoms. The smallest absolute Gasteiger partial charge is 0.0707 e. The number of hydrogen-bond acceptors (Lipinski definition) is 3. The van der Waals surface area contributed by atoms with E-state index >= 15 is 0 Å². The molecule has 3 nitrogen and oxygen atoms in total. The number of nitrogens with one attached hydrogen (secondary N) is 1. The molecule has 1 saturated carbocycles. The maximum absolute atomic E-state index is 6.34. The van der Waals surface area contributed by atoms with E-state index in [1.807, 2.05) is 0 Å². The molecule has 3 fully saturated rings. The molecule has 0 radical (unpaired) electrons. The molecule has 0 aromatic heterocycles. The molecule has 3 rings (SSSR count). The molecule has 0 bridgehead atoms. The van der Waals surface area contributed by atoms with Gasteiger partial charge >= 0.3 is 0 Å². The third-order valence-corrected chi connectivity index (χ3v) is 4.88. The molecular formula is C15H27NO2. The van der Waals surface area contributed by atoms with Gasteiger partial charge in [-0.3, -0.25) is 0 Å². The molecule has 3 aliphatic rings. The summed E-state index contributed by atoms with van der Waals surface area (Å²) in [6.07, 6.45) is 12.2. The first-order chi connectivity index (χ1) is 8.86. The van der Waals surface area contributed by atoms with Crippen molar-refractivity contribution in [1.82, 2.24) is 5.32 Å². The molecule has 18 heavy (non-hydrogen) atoms. The number of rotatable bonds is 2. The summed E-state index contributed by atoms with van der Waals surface area (Å²) in [7, 11) is 0. The zero-order valence-corrected chi connectivity index (χ0v) is 11.5. The van der Waals surface area contributed by atoms with E-state index in [4.69, 9.17) is 9.47 Å². The lowest BCUT2D eigenvalue weighted by Crippen LogP contribution is -2.46. The molecular weight excluding hydrogens is 226 g/mol. The van der Waals surface area contributed by atoms with Crippen LogP contribution in [0.3, 0.4) is 0 Å². The highest BCUT2D eigenvalue weighted by molar-refractivity contribution is 4.90. The van der Waals surface area contributed by atoms with Gasteiger partial charge in [0.2, 0.25) is 0 Å². The minimum absolute atomic E-state index is 0.189. The van der Waals surface area contributed by atoms with Crippen LogP contribution < -0.4 is 5.32 Å². The van der Waals surface area contributed by atoms with E-state index in [1.54, 1.807) is 0 Å². The average molecular weight is 253 g/mol. The van der Waals surface area contributed by atoms with Gasteiger partial charge in [0.1, 0.15) is 0 Å². The quantitative estimate of drug-likeness (QED) is 0.820. The van der Waals surface area contributed by atoms with Crippen LogP contribution in [0.15, 0.2) is 0 Å². The van der Waals surface area contributed by atoms with Crippen LogP contribution in [-0.4, -0.2) is 37.5 Å². The fourth-order valence-electron chi connectivity index (χ4n) is 3.85. The Morgan fingerprint density at radius 3 is 2.50 bits per heavy atom. The van der Waals surface area contributed by atoms with E-state index < -0.39 is 0 Å². The third-order valence-electron chi connectivity index (χ3n) is 4.88. The summed E-state index contributed by atoms with van der Waals surface area (Å²) in [6, 6.07) is 0. The van der Waals surface area contributed by atoms with Crippen molar-refractivity contribution in [1.29, 1.82) is 0 Å². The molecule has 0 amide bonds. The normalized spacial score (nSPS) is 33.7. The summed E-state index contributed by atoms with van der Waals surface area (Å²) in [5, 5.41) is 3.40. The molecule has 2 heterocycles. The standard InChI is InChI=1S/C15H27NO2/c1-2-7-15(8-3-1)12-14(6-11-17-15)18-13-4-9-16-10-5-13/h13-14,16H,1-12H2. The predicted octanol–water partition coefficient (Wildman–Crippen LogP) is 2.64. The Kier molecular flexibility index (Phi) is 4.22. The molecule has 0 aromatic rings. The Morgan fingerprint density at radius 1 is 0.944 bits per heavy atom. The van der Waals surface area contributed by atoms with E-state index in [1.165, 1.54) is 44.9 Å². The SMILES string of the molecule is C1CCC2(CC1)CC(OC1CCNCC1)CCO2. The lowest BCUT2D eigenvalue weighted by molar-refractivity contribution is -0.162. The van der Waals surface area contributed by atoms with Gasteiger partial charge in [0.15, 0.2) is 0 Å². The fourth-order valence-corrected chi connectivity index (χ4v) is 3.85. The largest absolute Gasteiger partial charge is 0.375 e. The summed E-state index contributed by atoms with van der Waals surface area (Å²) >= 11 is 0. The molecule has 2 saturated heterocycles. The highest BCUT2D eigenvalue weighted by Gasteiger charge is 2.39. The van der Waals surface area contributed by atoms with Crippen molar-refractivity contribution in [2.24, 2.45) is 0 Å². The Balaban J connectivity index is 1.52. The Labute approximate surface area is 111 Å². The first-order valence-electron chi connectivity index (χ1n) is 7.86. The van der Waals surface area contributed by atoms with Crippen LogP contribution in [0.5, 0.6) is 0 Å². The zero-order valence-electron chi connectivity index (χ0n) is 11.5. The van der Waals surface area contributed by atoms with Crippen molar-refractivity contribution in [2.75, 3.05) is 19.7 Å². The maximum atomic E-state index is 6.34. The molecule has 0 aromatic carbocycles. The molecule has 104 valence electrons. The Bertz CT molecular complexity index is 252. The van der Waals surface area contributed by atoms with Gasteiger partial charge in [-0.25, -0.2) is 0 Å². The van der Waals surface area contributed by atoms with Gasteiger partial charge in [-0.2, -0.15) is 0 Å². The van der Waals surface area contributed by atoms with Crippen LogP contribution in [-0.2, 0) is 9.47 Å². The predicted molar refractivity (Wildman–Crippen MR) is 71.8 cm³/mol. The van der Waals surface area contributed by atoms with Crippen LogP contribution in [0.1, 0.15) is 57.8 Å². The van der Waals surface area contributed by atoms with Crippen molar-refractivity contribution in [3.63, 3.8) is 0 Å². The summed E-state index contributed by atoms with van der Waals surface area (Å²) in [5.41, 5.74) is 0.189. The lowest BCUT2D eigenvalue weighted by Gasteiger charge is -2.44. The van der Waals surface area contributed by atoms with Gasteiger partial charge in [0.05, 0.1) is 17.8 Å². The van der Waals surface area contributed by atoms with Crippen molar-refractivity contribution in [2.45, 2.75) is 75.6 Å². The molecule has 1 N–H and O–H groups in total. The van der Waals surface area contributed by atoms with Gasteiger partial charge in [-0.15, -0.1) is 0 Å². The first-order valence-corrected chi connectivity index (χ1v) is 7.86. The minimum Gasteiger partial charge on any atom is -0.375 e. The molecule has 1 aliphatic carbocycles. The molecule has 1 atom stereocenters. The van der Waals surface area contributed by atoms with E-state index in [2.05, 4.69) is 5.32 Å². The summed E-state index contributed by atoms with van der Waals surface area (Å²) in [6.45, 7) is 3.16. The molecule has 1 unspecified atom stereocenters. The van der Waals surface area contributed by atoms with E-state index in [9.17, 15) is 0 Å². The second kappa shape index (κ2) is 5.89. The summed E-state index contributed by atoms with van der Waals surface area (Å²) < 4.78 is 12.5. The van der Waals surface area contributed by atoms with Gasteiger partial charge in [-0.1, -0.05) is 19.3 Å². The maximum Gasteiger partial charge on any atom is 0.0707 e. The van der Waals surface area contributed by atoms with Crippen molar-refractivity contribution in [3.8, 4) is 0 Å². The summed E-state index contributed by atoms with van der Waals surface area (Å²) in [4.78, 5) is 0. The van der Waals surface area contributed by atoms with E-state index in [0.29, 0.717) is 12.2 Å². The highest BCUT2D eigenvalue weighted by atomic mass is 16.5.